The van der Waals surface area contributed by atoms with E-state index in [0.717, 1.165) is 54.6 Å². The largest absolute Gasteiger partial charge is 0.496 e. The zero-order valence-electron chi connectivity index (χ0n) is 14.4. The van der Waals surface area contributed by atoms with Gasteiger partial charge in [0.1, 0.15) is 11.6 Å². The summed E-state index contributed by atoms with van der Waals surface area (Å²) in [5.74, 6) is 3.23. The Bertz CT molecular complexity index is 849. The lowest BCUT2D eigenvalue weighted by molar-refractivity contribution is 0.174. The zero-order valence-corrected chi connectivity index (χ0v) is 14.4. The van der Waals surface area contributed by atoms with Crippen molar-refractivity contribution in [2.24, 2.45) is 0 Å². The molecule has 0 radical (unpaired) electrons. The predicted octanol–water partition coefficient (Wildman–Crippen LogP) is 1.81. The van der Waals surface area contributed by atoms with Crippen LogP contribution in [0.15, 0.2) is 23.0 Å². The Kier molecular flexibility index (Phi) is 4.09. The van der Waals surface area contributed by atoms with E-state index < -0.39 is 0 Å². The normalized spacial score (nSPS) is 19.4. The Labute approximate surface area is 145 Å². The van der Waals surface area contributed by atoms with Crippen LogP contribution in [-0.4, -0.2) is 41.9 Å². The first kappa shape index (κ1) is 16.0. The predicted molar refractivity (Wildman–Crippen MR) is 91.3 cm³/mol. The molecule has 0 unspecified atom stereocenters. The lowest BCUT2D eigenvalue weighted by Crippen LogP contribution is -2.21. The number of hydrogen-bond donors (Lipinski definition) is 1. The lowest BCUT2D eigenvalue weighted by Gasteiger charge is -2.18. The maximum atomic E-state index is 11.7. The highest BCUT2D eigenvalue weighted by Gasteiger charge is 2.27. The number of hydrogen-bond acceptors (Lipinski definition) is 6. The van der Waals surface area contributed by atoms with Crippen LogP contribution in [0.4, 0.5) is 0 Å². The number of nitrogens with zero attached hydrogens (tertiary/aromatic N) is 2. The van der Waals surface area contributed by atoms with Crippen molar-refractivity contribution in [3.05, 3.63) is 45.6 Å². The Morgan fingerprint density at radius 2 is 2.12 bits per heavy atom. The third-order valence-corrected chi connectivity index (χ3v) is 4.74. The van der Waals surface area contributed by atoms with Gasteiger partial charge in [-0.05, 0) is 26.0 Å². The summed E-state index contributed by atoms with van der Waals surface area (Å²) < 4.78 is 16.4. The molecule has 0 saturated carbocycles. The van der Waals surface area contributed by atoms with Crippen molar-refractivity contribution in [2.45, 2.75) is 25.8 Å². The van der Waals surface area contributed by atoms with E-state index in [4.69, 9.17) is 14.2 Å². The van der Waals surface area contributed by atoms with Gasteiger partial charge in [-0.2, -0.15) is 0 Å². The Morgan fingerprint density at radius 3 is 2.88 bits per heavy atom. The standard InChI is InChI=1S/C18H21N3O4/c1-11-19-14(6-18(22)20-11)12-3-4-21(8-12)9-13-5-16-17(25-10-24-16)7-15(13)23-2/h5-7,12H,3-4,8-10H2,1-2H3,(H,19,20,22)/t12-/m1/s1. The average Bonchev–Trinajstić information content (AvgIpc) is 3.22. The average molecular weight is 343 g/mol. The molecule has 0 amide bonds. The van der Waals surface area contributed by atoms with Crippen molar-refractivity contribution in [2.75, 3.05) is 27.0 Å². The van der Waals surface area contributed by atoms with Crippen LogP contribution in [0, 0.1) is 6.92 Å². The van der Waals surface area contributed by atoms with Gasteiger partial charge in [-0.3, -0.25) is 9.69 Å². The minimum absolute atomic E-state index is 0.0848. The Hall–Kier alpha value is -2.54. The molecule has 25 heavy (non-hydrogen) atoms. The van der Waals surface area contributed by atoms with E-state index >= 15 is 0 Å². The third kappa shape index (κ3) is 3.19. The maximum Gasteiger partial charge on any atom is 0.251 e. The van der Waals surface area contributed by atoms with E-state index in [-0.39, 0.29) is 18.3 Å². The number of benzene rings is 1. The van der Waals surface area contributed by atoms with E-state index in [1.165, 1.54) is 0 Å². The van der Waals surface area contributed by atoms with Crippen LogP contribution in [-0.2, 0) is 6.54 Å². The summed E-state index contributed by atoms with van der Waals surface area (Å²) >= 11 is 0. The molecule has 4 rings (SSSR count). The first-order valence-electron chi connectivity index (χ1n) is 8.39. The van der Waals surface area contributed by atoms with Gasteiger partial charge in [0.05, 0.1) is 12.8 Å². The summed E-state index contributed by atoms with van der Waals surface area (Å²) in [4.78, 5) is 21.2. The highest BCUT2D eigenvalue weighted by Crippen LogP contribution is 2.39. The molecule has 2 aliphatic rings. The first-order chi connectivity index (χ1) is 12.1. The summed E-state index contributed by atoms with van der Waals surface area (Å²) in [6, 6.07) is 5.49. The fourth-order valence-corrected chi connectivity index (χ4v) is 3.55. The van der Waals surface area contributed by atoms with Crippen molar-refractivity contribution < 1.29 is 14.2 Å². The molecule has 1 atom stereocenters. The molecule has 0 spiro atoms. The lowest BCUT2D eigenvalue weighted by atomic mass is 10.0. The number of aromatic amines is 1. The van der Waals surface area contributed by atoms with Crippen molar-refractivity contribution in [1.82, 2.24) is 14.9 Å². The number of likely N-dealkylation sites (tertiary alicyclic amines) is 1. The first-order valence-corrected chi connectivity index (χ1v) is 8.39. The topological polar surface area (TPSA) is 76.7 Å². The van der Waals surface area contributed by atoms with Gasteiger partial charge < -0.3 is 19.2 Å². The quantitative estimate of drug-likeness (QED) is 0.912. The maximum absolute atomic E-state index is 11.7. The second kappa shape index (κ2) is 6.40. The number of H-pyrrole nitrogens is 1. The van der Waals surface area contributed by atoms with Gasteiger partial charge in [-0.25, -0.2) is 4.98 Å². The molecule has 7 heteroatoms. The summed E-state index contributed by atoms with van der Waals surface area (Å²) in [6.45, 7) is 4.65. The van der Waals surface area contributed by atoms with Gasteiger partial charge in [-0.1, -0.05) is 0 Å². The summed E-state index contributed by atoms with van der Waals surface area (Å²) in [6.07, 6.45) is 0.989. The van der Waals surface area contributed by atoms with Crippen LogP contribution >= 0.6 is 0 Å². The van der Waals surface area contributed by atoms with E-state index in [1.54, 1.807) is 13.2 Å². The summed E-state index contributed by atoms with van der Waals surface area (Å²) in [7, 11) is 1.66. The number of nitrogens with one attached hydrogen (secondary N) is 1. The number of methoxy groups -OCH3 is 1. The van der Waals surface area contributed by atoms with Gasteiger partial charge in [0.2, 0.25) is 6.79 Å². The van der Waals surface area contributed by atoms with Gasteiger partial charge in [0, 0.05) is 36.7 Å². The summed E-state index contributed by atoms with van der Waals surface area (Å²) in [5, 5.41) is 0. The fourth-order valence-electron chi connectivity index (χ4n) is 3.55. The molecule has 1 saturated heterocycles. The molecule has 1 N–H and O–H groups in total. The monoisotopic (exact) mass is 343 g/mol. The number of ether oxygens (including phenoxy) is 3. The van der Waals surface area contributed by atoms with Crippen LogP contribution in [0.5, 0.6) is 17.2 Å². The molecular formula is C18H21N3O4. The number of aromatic nitrogens is 2. The van der Waals surface area contributed by atoms with E-state index in [0.29, 0.717) is 5.82 Å². The highest BCUT2D eigenvalue weighted by atomic mass is 16.7. The molecular weight excluding hydrogens is 322 g/mol. The SMILES string of the molecule is COc1cc2c(cc1CN1CC[C@@H](c3cc(=O)[nH]c(C)n3)C1)OCO2. The van der Waals surface area contributed by atoms with Gasteiger partial charge in [-0.15, -0.1) is 0 Å². The van der Waals surface area contributed by atoms with Crippen molar-refractivity contribution in [3.8, 4) is 17.2 Å². The Morgan fingerprint density at radius 1 is 1.32 bits per heavy atom. The molecule has 1 aromatic heterocycles. The second-order valence-electron chi connectivity index (χ2n) is 6.49. The number of fused-ring (bicyclic) bond motifs is 1. The van der Waals surface area contributed by atoms with Gasteiger partial charge in [0.25, 0.3) is 5.56 Å². The molecule has 7 nitrogen and oxygen atoms in total. The number of aryl methyl sites for hydroxylation is 1. The summed E-state index contributed by atoms with van der Waals surface area (Å²) in [5.41, 5.74) is 1.86. The van der Waals surface area contributed by atoms with Crippen LogP contribution in [0.1, 0.15) is 29.4 Å². The molecule has 2 aromatic rings. The Balaban J connectivity index is 1.50. The van der Waals surface area contributed by atoms with Crippen molar-refractivity contribution in [1.29, 1.82) is 0 Å². The molecule has 132 valence electrons. The molecule has 0 aliphatic carbocycles. The van der Waals surface area contributed by atoms with E-state index in [1.807, 2.05) is 19.1 Å². The zero-order chi connectivity index (χ0) is 17.4. The third-order valence-electron chi connectivity index (χ3n) is 4.74. The van der Waals surface area contributed by atoms with Crippen molar-refractivity contribution in [3.63, 3.8) is 0 Å². The number of rotatable bonds is 4. The van der Waals surface area contributed by atoms with Crippen LogP contribution in [0.2, 0.25) is 0 Å². The molecule has 1 aromatic carbocycles. The van der Waals surface area contributed by atoms with Crippen molar-refractivity contribution >= 4 is 0 Å². The smallest absolute Gasteiger partial charge is 0.251 e. The molecule has 2 aliphatic heterocycles. The second-order valence-corrected chi connectivity index (χ2v) is 6.49. The minimum atomic E-state index is -0.0848. The van der Waals surface area contributed by atoms with E-state index in [9.17, 15) is 4.79 Å². The molecule has 0 bridgehead atoms. The van der Waals surface area contributed by atoms with Crippen LogP contribution < -0.4 is 19.8 Å². The highest BCUT2D eigenvalue weighted by molar-refractivity contribution is 5.51. The van der Waals surface area contributed by atoms with Gasteiger partial charge >= 0.3 is 0 Å². The van der Waals surface area contributed by atoms with Crippen LogP contribution in [0.3, 0.4) is 0 Å². The molecule has 1 fully saturated rings. The minimum Gasteiger partial charge on any atom is -0.496 e. The van der Waals surface area contributed by atoms with Gasteiger partial charge in [0.15, 0.2) is 11.5 Å². The van der Waals surface area contributed by atoms with E-state index in [2.05, 4.69) is 14.9 Å². The van der Waals surface area contributed by atoms with Crippen LogP contribution in [0.25, 0.3) is 0 Å². The fraction of sp³-hybridized carbons (Fsp3) is 0.444. The molecule has 3 heterocycles.